The average Bonchev–Trinajstić information content (AvgIpc) is 2.28. The number of carbonyl (C=O) groups is 1. The largest absolute Gasteiger partial charge is 0.346 e. The van der Waals surface area contributed by atoms with Crippen molar-refractivity contribution >= 4 is 40.7 Å². The van der Waals surface area contributed by atoms with E-state index in [0.29, 0.717) is 0 Å². The molecule has 1 amide bonds. The van der Waals surface area contributed by atoms with E-state index >= 15 is 0 Å². The highest BCUT2D eigenvalue weighted by Gasteiger charge is 2.33. The van der Waals surface area contributed by atoms with Gasteiger partial charge in [0.25, 0.3) is 9.70 Å². The van der Waals surface area contributed by atoms with Crippen LogP contribution in [-0.2, 0) is 11.2 Å². The summed E-state index contributed by atoms with van der Waals surface area (Å²) in [6.07, 6.45) is 2.95. The van der Waals surface area contributed by atoms with Gasteiger partial charge in [0.1, 0.15) is 0 Å². The lowest BCUT2D eigenvalue weighted by atomic mass is 9.88. The van der Waals surface area contributed by atoms with Gasteiger partial charge < -0.3 is 5.32 Å². The summed E-state index contributed by atoms with van der Waals surface area (Å²) in [5, 5.41) is 2.78. The van der Waals surface area contributed by atoms with Crippen LogP contribution < -0.4 is 5.32 Å². The maximum Gasteiger partial charge on any atom is 0.272 e. The van der Waals surface area contributed by atoms with Crippen molar-refractivity contribution in [1.82, 2.24) is 5.32 Å². The average molecular weight is 293 g/mol. The maximum atomic E-state index is 11.6. The second-order valence-electron chi connectivity index (χ2n) is 4.11. The van der Waals surface area contributed by atoms with Crippen LogP contribution in [0.2, 0.25) is 0 Å². The topological polar surface area (TPSA) is 29.1 Å². The summed E-state index contributed by atoms with van der Waals surface area (Å²) in [5.41, 5.74) is 2.38. The van der Waals surface area contributed by atoms with Crippen molar-refractivity contribution < 1.29 is 4.79 Å². The number of halogens is 3. The molecule has 0 saturated carbocycles. The van der Waals surface area contributed by atoms with E-state index in [4.69, 9.17) is 34.8 Å². The normalized spacial score (nSPS) is 19.6. The van der Waals surface area contributed by atoms with Gasteiger partial charge in [0.15, 0.2) is 0 Å². The van der Waals surface area contributed by atoms with Gasteiger partial charge >= 0.3 is 0 Å². The summed E-state index contributed by atoms with van der Waals surface area (Å²) in [6, 6.07) is 7.99. The van der Waals surface area contributed by atoms with E-state index in [9.17, 15) is 4.79 Å². The fraction of sp³-hybridized carbons (Fsp3) is 0.417. The number of benzene rings is 1. The lowest BCUT2D eigenvalue weighted by Crippen LogP contribution is -2.38. The zero-order valence-electron chi connectivity index (χ0n) is 9.05. The molecular weight excluding hydrogens is 280 g/mol. The Morgan fingerprint density at radius 2 is 2.00 bits per heavy atom. The fourth-order valence-electron chi connectivity index (χ4n) is 2.14. The molecule has 0 saturated heterocycles. The minimum Gasteiger partial charge on any atom is -0.346 e. The van der Waals surface area contributed by atoms with Gasteiger partial charge in [0, 0.05) is 0 Å². The van der Waals surface area contributed by atoms with E-state index in [2.05, 4.69) is 11.4 Å². The molecule has 0 fully saturated rings. The summed E-state index contributed by atoms with van der Waals surface area (Å²) in [7, 11) is 0. The molecule has 5 heteroatoms. The van der Waals surface area contributed by atoms with Crippen molar-refractivity contribution in [2.75, 3.05) is 0 Å². The van der Waals surface area contributed by atoms with Gasteiger partial charge in [-0.2, -0.15) is 0 Å². The number of fused-ring (bicyclic) bond motifs is 1. The summed E-state index contributed by atoms with van der Waals surface area (Å²) in [5.74, 6) is -0.566. The van der Waals surface area contributed by atoms with E-state index in [1.165, 1.54) is 5.56 Å². The third-order valence-electron chi connectivity index (χ3n) is 2.93. The van der Waals surface area contributed by atoms with Crippen LogP contribution in [0.25, 0.3) is 0 Å². The Bertz CT molecular complexity index is 428. The number of hydrogen-bond acceptors (Lipinski definition) is 1. The standard InChI is InChI=1S/C12H12Cl3NO/c13-12(14,15)11(17)16-10-7-3-5-8-4-1-2-6-9(8)10/h1-2,4,6,10H,3,5,7H2,(H,16,17). The number of hydrogen-bond donors (Lipinski definition) is 1. The smallest absolute Gasteiger partial charge is 0.272 e. The Morgan fingerprint density at radius 1 is 1.29 bits per heavy atom. The van der Waals surface area contributed by atoms with Crippen LogP contribution in [0, 0.1) is 0 Å². The number of nitrogens with one attached hydrogen (secondary N) is 1. The van der Waals surface area contributed by atoms with E-state index in [0.717, 1.165) is 24.8 Å². The van der Waals surface area contributed by atoms with Crippen molar-refractivity contribution in [3.05, 3.63) is 35.4 Å². The highest BCUT2D eigenvalue weighted by Crippen LogP contribution is 2.32. The molecule has 0 aromatic heterocycles. The molecule has 92 valence electrons. The maximum absolute atomic E-state index is 11.6. The summed E-state index contributed by atoms with van der Waals surface area (Å²) in [4.78, 5) is 11.6. The van der Waals surface area contributed by atoms with Crippen molar-refractivity contribution in [2.45, 2.75) is 29.1 Å². The van der Waals surface area contributed by atoms with Gasteiger partial charge in [-0.25, -0.2) is 0 Å². The second-order valence-corrected chi connectivity index (χ2v) is 6.40. The number of rotatable bonds is 1. The van der Waals surface area contributed by atoms with Crippen LogP contribution in [-0.4, -0.2) is 9.70 Å². The number of carbonyl (C=O) groups excluding carboxylic acids is 1. The first kappa shape index (κ1) is 13.0. The molecule has 1 aliphatic rings. The molecule has 1 aromatic rings. The molecule has 0 bridgehead atoms. The Labute approximate surface area is 115 Å². The van der Waals surface area contributed by atoms with Gasteiger partial charge in [-0.1, -0.05) is 59.1 Å². The highest BCUT2D eigenvalue weighted by atomic mass is 35.6. The van der Waals surface area contributed by atoms with Crippen molar-refractivity contribution in [2.24, 2.45) is 0 Å². The lowest BCUT2D eigenvalue weighted by molar-refractivity contribution is -0.121. The number of aryl methyl sites for hydroxylation is 1. The lowest BCUT2D eigenvalue weighted by Gasteiger charge is -2.27. The van der Waals surface area contributed by atoms with Crippen LogP contribution in [0.4, 0.5) is 0 Å². The highest BCUT2D eigenvalue weighted by molar-refractivity contribution is 6.76. The zero-order valence-corrected chi connectivity index (χ0v) is 11.3. The molecule has 0 radical (unpaired) electrons. The molecule has 1 N–H and O–H groups in total. The second kappa shape index (κ2) is 5.05. The summed E-state index contributed by atoms with van der Waals surface area (Å²) >= 11 is 16.6. The molecule has 2 rings (SSSR count). The monoisotopic (exact) mass is 291 g/mol. The van der Waals surface area contributed by atoms with Crippen LogP contribution >= 0.6 is 34.8 Å². The van der Waals surface area contributed by atoms with Gasteiger partial charge in [0.2, 0.25) is 0 Å². The van der Waals surface area contributed by atoms with Crippen molar-refractivity contribution in [3.63, 3.8) is 0 Å². The van der Waals surface area contributed by atoms with Crippen molar-refractivity contribution in [3.8, 4) is 0 Å². The first-order chi connectivity index (χ1) is 7.98. The Balaban J connectivity index is 2.17. The first-order valence-electron chi connectivity index (χ1n) is 5.44. The Kier molecular flexibility index (Phi) is 3.86. The number of amides is 1. The summed E-state index contributed by atoms with van der Waals surface area (Å²) < 4.78 is -1.90. The third-order valence-corrected chi connectivity index (χ3v) is 3.45. The van der Waals surface area contributed by atoms with Crippen LogP contribution in [0.1, 0.15) is 30.0 Å². The SMILES string of the molecule is O=C(NC1CCCc2ccccc21)C(Cl)(Cl)Cl. The van der Waals surface area contributed by atoms with Crippen molar-refractivity contribution in [1.29, 1.82) is 0 Å². The quantitative estimate of drug-likeness (QED) is 0.788. The van der Waals surface area contributed by atoms with Crippen LogP contribution in [0.3, 0.4) is 0 Å². The van der Waals surface area contributed by atoms with Gasteiger partial charge in [-0.05, 0) is 30.4 Å². The molecule has 1 aromatic carbocycles. The molecule has 0 spiro atoms. The third kappa shape index (κ3) is 3.06. The minimum absolute atomic E-state index is 0.0527. The fourth-order valence-corrected chi connectivity index (χ4v) is 2.31. The zero-order chi connectivity index (χ0) is 12.5. The van der Waals surface area contributed by atoms with Gasteiger partial charge in [-0.3, -0.25) is 4.79 Å². The van der Waals surface area contributed by atoms with E-state index in [1.54, 1.807) is 0 Å². The van der Waals surface area contributed by atoms with E-state index in [-0.39, 0.29) is 6.04 Å². The Morgan fingerprint density at radius 3 is 2.71 bits per heavy atom. The van der Waals surface area contributed by atoms with Crippen LogP contribution in [0.15, 0.2) is 24.3 Å². The van der Waals surface area contributed by atoms with Gasteiger partial charge in [-0.15, -0.1) is 0 Å². The Hall–Kier alpha value is -0.440. The van der Waals surface area contributed by atoms with E-state index in [1.807, 2.05) is 18.2 Å². The molecule has 1 unspecified atom stereocenters. The van der Waals surface area contributed by atoms with Crippen LogP contribution in [0.5, 0.6) is 0 Å². The molecule has 1 atom stereocenters. The van der Waals surface area contributed by atoms with Gasteiger partial charge in [0.05, 0.1) is 6.04 Å². The molecule has 0 heterocycles. The first-order valence-corrected chi connectivity index (χ1v) is 6.57. The molecule has 17 heavy (non-hydrogen) atoms. The molecular formula is C12H12Cl3NO. The minimum atomic E-state index is -1.90. The summed E-state index contributed by atoms with van der Waals surface area (Å²) in [6.45, 7) is 0. The molecule has 0 aliphatic heterocycles. The molecule has 2 nitrogen and oxygen atoms in total. The van der Waals surface area contributed by atoms with E-state index < -0.39 is 9.70 Å². The molecule has 1 aliphatic carbocycles. The predicted octanol–water partition coefficient (Wildman–Crippen LogP) is 3.55. The predicted molar refractivity (Wildman–Crippen MR) is 70.6 cm³/mol. The number of alkyl halides is 3.